The van der Waals surface area contributed by atoms with Crippen molar-refractivity contribution < 1.29 is 0 Å². The maximum atomic E-state index is 7.89. The summed E-state index contributed by atoms with van der Waals surface area (Å²) in [5.74, 6) is 0.272. The third-order valence-corrected chi connectivity index (χ3v) is 3.31. The monoisotopic (exact) mass is 289 g/mol. The van der Waals surface area contributed by atoms with Crippen molar-refractivity contribution in [2.24, 2.45) is 0 Å². The summed E-state index contributed by atoms with van der Waals surface area (Å²) < 4.78 is 0. The van der Waals surface area contributed by atoms with Crippen LogP contribution in [0.4, 0.5) is 5.69 Å². The van der Waals surface area contributed by atoms with E-state index in [-0.39, 0.29) is 11.9 Å². The molecule has 0 fully saturated rings. The van der Waals surface area contributed by atoms with Gasteiger partial charge in [-0.15, -0.1) is 0 Å². The molecular weight excluding hydrogens is 262 g/mol. The number of benzene rings is 1. The summed E-state index contributed by atoms with van der Waals surface area (Å²) in [7, 11) is 0. The van der Waals surface area contributed by atoms with E-state index < -0.39 is 0 Å². The largest absolute Gasteiger partial charge is 0.356 e. The van der Waals surface area contributed by atoms with Crippen molar-refractivity contribution >= 4 is 17.6 Å². The summed E-state index contributed by atoms with van der Waals surface area (Å²) >= 11 is 0. The molecule has 0 unspecified atom stereocenters. The Balaban J connectivity index is 2.35. The van der Waals surface area contributed by atoms with Crippen LogP contribution in [0, 0.1) is 24.7 Å². The van der Waals surface area contributed by atoms with Crippen LogP contribution in [0.3, 0.4) is 0 Å². The van der Waals surface area contributed by atoms with Crippen molar-refractivity contribution in [1.82, 2.24) is 10.6 Å². The molecule has 0 bridgehead atoms. The number of hydrogen-bond acceptors (Lipinski definition) is 2. The molecule has 21 heavy (non-hydrogen) atoms. The molecule has 0 atom stereocenters. The van der Waals surface area contributed by atoms with Gasteiger partial charge in [-0.3, -0.25) is 16.1 Å². The van der Waals surface area contributed by atoms with Crippen molar-refractivity contribution in [2.45, 2.75) is 46.5 Å². The van der Waals surface area contributed by atoms with Crippen LogP contribution in [0.5, 0.6) is 0 Å². The van der Waals surface area contributed by atoms with Gasteiger partial charge in [0.15, 0.2) is 11.9 Å². The van der Waals surface area contributed by atoms with Crippen molar-refractivity contribution in [2.75, 3.05) is 11.9 Å². The Labute approximate surface area is 127 Å². The van der Waals surface area contributed by atoms with Crippen molar-refractivity contribution in [1.29, 1.82) is 10.8 Å². The molecule has 0 aliphatic heterocycles. The molecule has 0 amide bonds. The maximum absolute atomic E-state index is 7.89. The summed E-state index contributed by atoms with van der Waals surface area (Å²) in [5, 5.41) is 24.4. The van der Waals surface area contributed by atoms with E-state index in [2.05, 4.69) is 22.9 Å². The predicted molar refractivity (Wildman–Crippen MR) is 90.3 cm³/mol. The number of guanidine groups is 2. The molecule has 5 N–H and O–H groups in total. The van der Waals surface area contributed by atoms with E-state index in [1.165, 1.54) is 19.3 Å². The average Bonchev–Trinajstić information content (AvgIpc) is 2.43. The van der Waals surface area contributed by atoms with Crippen LogP contribution >= 0.6 is 0 Å². The zero-order valence-corrected chi connectivity index (χ0v) is 13.3. The molecule has 0 aromatic heterocycles. The molecule has 1 rings (SSSR count). The number of rotatable bonds is 6. The molecule has 5 nitrogen and oxygen atoms in total. The molecule has 0 aliphatic carbocycles. The predicted octanol–water partition coefficient (Wildman–Crippen LogP) is 3.34. The van der Waals surface area contributed by atoms with Crippen LogP contribution in [0.1, 0.15) is 43.7 Å². The Hall–Kier alpha value is -2.04. The van der Waals surface area contributed by atoms with Gasteiger partial charge in [-0.25, -0.2) is 0 Å². The lowest BCUT2D eigenvalue weighted by Gasteiger charge is -2.15. The van der Waals surface area contributed by atoms with Crippen molar-refractivity contribution in [3.8, 4) is 0 Å². The lowest BCUT2D eigenvalue weighted by atomic mass is 10.1. The molecule has 0 radical (unpaired) electrons. The molecule has 0 heterocycles. The third-order valence-electron chi connectivity index (χ3n) is 3.31. The van der Waals surface area contributed by atoms with Gasteiger partial charge in [0.25, 0.3) is 0 Å². The molecule has 1 aromatic rings. The second-order valence-electron chi connectivity index (χ2n) is 5.25. The van der Waals surface area contributed by atoms with E-state index in [1.807, 2.05) is 32.0 Å². The highest BCUT2D eigenvalue weighted by atomic mass is 15.2. The van der Waals surface area contributed by atoms with Gasteiger partial charge in [-0.05, 0) is 31.4 Å². The van der Waals surface area contributed by atoms with Gasteiger partial charge in [0.2, 0.25) is 0 Å². The van der Waals surface area contributed by atoms with Crippen LogP contribution in [0.2, 0.25) is 0 Å². The first-order valence-electron chi connectivity index (χ1n) is 7.55. The van der Waals surface area contributed by atoms with Crippen LogP contribution < -0.4 is 16.0 Å². The Morgan fingerprint density at radius 2 is 1.67 bits per heavy atom. The van der Waals surface area contributed by atoms with E-state index >= 15 is 0 Å². The fraction of sp³-hybridized carbons (Fsp3) is 0.500. The van der Waals surface area contributed by atoms with Gasteiger partial charge in [0.1, 0.15) is 0 Å². The minimum absolute atomic E-state index is 0.110. The summed E-state index contributed by atoms with van der Waals surface area (Å²) in [6.45, 7) is 6.94. The van der Waals surface area contributed by atoms with Gasteiger partial charge >= 0.3 is 0 Å². The molecule has 5 heteroatoms. The first-order valence-corrected chi connectivity index (χ1v) is 7.55. The number of para-hydroxylation sites is 1. The Bertz CT molecular complexity index is 461. The second kappa shape index (κ2) is 9.00. The fourth-order valence-electron chi connectivity index (χ4n) is 2.10. The van der Waals surface area contributed by atoms with E-state index in [4.69, 9.17) is 10.8 Å². The first-order chi connectivity index (χ1) is 10.0. The van der Waals surface area contributed by atoms with Crippen molar-refractivity contribution in [3.63, 3.8) is 0 Å². The van der Waals surface area contributed by atoms with Gasteiger partial charge in [0, 0.05) is 12.2 Å². The summed E-state index contributed by atoms with van der Waals surface area (Å²) in [6.07, 6.45) is 4.66. The Morgan fingerprint density at radius 3 is 2.29 bits per heavy atom. The van der Waals surface area contributed by atoms with E-state index in [1.54, 1.807) is 0 Å². The molecule has 0 saturated heterocycles. The van der Waals surface area contributed by atoms with Crippen LogP contribution in [0.25, 0.3) is 0 Å². The highest BCUT2D eigenvalue weighted by Gasteiger charge is 2.05. The number of aryl methyl sites for hydroxylation is 2. The topological polar surface area (TPSA) is 83.8 Å². The van der Waals surface area contributed by atoms with Crippen LogP contribution in [-0.4, -0.2) is 18.5 Å². The Morgan fingerprint density at radius 1 is 1.00 bits per heavy atom. The average molecular weight is 289 g/mol. The zero-order valence-electron chi connectivity index (χ0n) is 13.3. The van der Waals surface area contributed by atoms with Crippen LogP contribution in [0.15, 0.2) is 18.2 Å². The smallest absolute Gasteiger partial charge is 0.199 e. The molecule has 0 spiro atoms. The standard InChI is InChI=1S/C16H27N5/c1-4-5-6-7-11-19-15(17)21-16(18)20-14-12(2)9-8-10-13(14)3/h8-10H,4-7,11H2,1-3H3,(H5,17,18,19,20,21). The normalized spacial score (nSPS) is 10.0. The third kappa shape index (κ3) is 6.29. The lowest BCUT2D eigenvalue weighted by molar-refractivity contribution is 0.651. The minimum atomic E-state index is 0.110. The number of hydrogen-bond donors (Lipinski definition) is 5. The van der Waals surface area contributed by atoms with Gasteiger partial charge in [-0.2, -0.15) is 0 Å². The van der Waals surface area contributed by atoms with Gasteiger partial charge < -0.3 is 10.6 Å². The van der Waals surface area contributed by atoms with Crippen molar-refractivity contribution in [3.05, 3.63) is 29.3 Å². The molecular formula is C16H27N5. The SMILES string of the molecule is CCCCCCNC(=N)NC(=N)Nc1c(C)cccc1C. The zero-order chi connectivity index (χ0) is 15.7. The number of anilines is 1. The van der Waals surface area contributed by atoms with E-state index in [9.17, 15) is 0 Å². The maximum Gasteiger partial charge on any atom is 0.199 e. The molecule has 0 aliphatic rings. The molecule has 0 saturated carbocycles. The van der Waals surface area contributed by atoms with Gasteiger partial charge in [-0.1, -0.05) is 44.4 Å². The molecule has 1 aromatic carbocycles. The highest BCUT2D eigenvalue weighted by Crippen LogP contribution is 2.18. The minimum Gasteiger partial charge on any atom is -0.356 e. The Kier molecular flexibility index (Phi) is 7.29. The van der Waals surface area contributed by atoms with E-state index in [0.717, 1.165) is 29.8 Å². The van der Waals surface area contributed by atoms with E-state index in [0.29, 0.717) is 0 Å². The second-order valence-corrected chi connectivity index (χ2v) is 5.25. The summed E-state index contributed by atoms with van der Waals surface area (Å²) in [6, 6.07) is 5.99. The fourth-order valence-corrected chi connectivity index (χ4v) is 2.10. The summed E-state index contributed by atoms with van der Waals surface area (Å²) in [4.78, 5) is 0. The number of unbranched alkanes of at least 4 members (excludes halogenated alkanes) is 3. The van der Waals surface area contributed by atoms with Gasteiger partial charge in [0.05, 0.1) is 0 Å². The highest BCUT2D eigenvalue weighted by molar-refractivity contribution is 6.03. The lowest BCUT2D eigenvalue weighted by Crippen LogP contribution is -2.43. The summed E-state index contributed by atoms with van der Waals surface area (Å²) in [5.41, 5.74) is 3.09. The molecule has 116 valence electrons. The quantitative estimate of drug-likeness (QED) is 0.316. The first kappa shape index (κ1) is 17.0. The number of nitrogens with one attached hydrogen (secondary N) is 5. The van der Waals surface area contributed by atoms with Crippen LogP contribution in [-0.2, 0) is 0 Å².